The van der Waals surface area contributed by atoms with Gasteiger partial charge in [-0.05, 0) is 67.9 Å². The Morgan fingerprint density at radius 3 is 2.78 bits per heavy atom. The van der Waals surface area contributed by atoms with Crippen LogP contribution >= 0.6 is 11.6 Å². The molecule has 41 heavy (non-hydrogen) atoms. The van der Waals surface area contributed by atoms with Crippen LogP contribution in [0.25, 0.3) is 33.1 Å². The lowest BCUT2D eigenvalue weighted by molar-refractivity contribution is 0.107. The minimum absolute atomic E-state index is 0.142. The van der Waals surface area contributed by atoms with Crippen molar-refractivity contribution in [1.82, 2.24) is 25.2 Å². The number of nitrogens with zero attached hydrogens (tertiary/aromatic N) is 5. The van der Waals surface area contributed by atoms with E-state index in [0.29, 0.717) is 48.0 Å². The zero-order valence-electron chi connectivity index (χ0n) is 22.7. The lowest BCUT2D eigenvalue weighted by atomic mass is 9.95. The van der Waals surface area contributed by atoms with Crippen LogP contribution in [-0.4, -0.2) is 81.5 Å². The quantitative estimate of drug-likeness (QED) is 0.340. The Morgan fingerprint density at radius 2 is 1.93 bits per heavy atom. The number of rotatable bonds is 5. The number of pyridine rings is 1. The summed E-state index contributed by atoms with van der Waals surface area (Å²) in [4.78, 5) is 19.3. The molecule has 4 atom stereocenters. The third-order valence-corrected chi connectivity index (χ3v) is 9.77. The Hall–Kier alpha value is -3.27. The number of phenols is 1. The Kier molecular flexibility index (Phi) is 5.98. The molecule has 212 valence electrons. The van der Waals surface area contributed by atoms with Crippen molar-refractivity contribution < 1.29 is 14.2 Å². The van der Waals surface area contributed by atoms with Crippen molar-refractivity contribution in [1.29, 1.82) is 0 Å². The number of nitrogens with one attached hydrogen (secondary N) is 1. The smallest absolute Gasteiger partial charge is 0.320 e. The highest BCUT2D eigenvalue weighted by molar-refractivity contribution is 6.36. The SMILES string of the molecule is Oc1cc(-c2ccc3c(N4CC5CCC(C4)N5)nc(OCC45CCCN4C[C@H](F)C5)nc3n2)c2c(Cl)cccc2c1. The Labute approximate surface area is 242 Å². The lowest BCUT2D eigenvalue weighted by Gasteiger charge is -2.34. The van der Waals surface area contributed by atoms with E-state index in [4.69, 9.17) is 31.3 Å². The van der Waals surface area contributed by atoms with Crippen molar-refractivity contribution >= 4 is 39.2 Å². The molecule has 0 radical (unpaired) electrons. The van der Waals surface area contributed by atoms with Crippen LogP contribution in [0.5, 0.6) is 11.8 Å². The second-order valence-corrected chi connectivity index (χ2v) is 12.5. The highest BCUT2D eigenvalue weighted by atomic mass is 35.5. The second kappa shape index (κ2) is 9.64. The second-order valence-electron chi connectivity index (χ2n) is 12.1. The predicted octanol–water partition coefficient (Wildman–Crippen LogP) is 5.10. The number of phenolic OH excluding ortho intramolecular Hbond substituents is 1. The first-order valence-corrected chi connectivity index (χ1v) is 15.0. The summed E-state index contributed by atoms with van der Waals surface area (Å²) in [5.74, 6) is 0.959. The Morgan fingerprint density at radius 1 is 1.07 bits per heavy atom. The summed E-state index contributed by atoms with van der Waals surface area (Å²) in [6.07, 6.45) is 3.95. The molecule has 8 nitrogen and oxygen atoms in total. The fourth-order valence-corrected chi connectivity index (χ4v) is 7.90. The minimum atomic E-state index is -0.823. The Balaban J connectivity index is 1.23. The molecule has 2 N–H and O–H groups in total. The summed E-state index contributed by atoms with van der Waals surface area (Å²) < 4.78 is 20.7. The number of alkyl halides is 1. The van der Waals surface area contributed by atoms with Crippen LogP contribution in [0.4, 0.5) is 10.2 Å². The van der Waals surface area contributed by atoms with Gasteiger partial charge in [0.05, 0.1) is 16.6 Å². The standard InChI is InChI=1S/C31H32ClFN6O2/c32-25-4-1-3-18-11-22(40)12-24(27(18)25)26-8-7-23-28(35-26)36-30(37-29(23)38-15-20-5-6-21(16-38)34-20)41-17-31-9-2-10-39(31)14-19(33)13-31/h1,3-4,7-8,11-12,19-21,34,40H,2,5-6,9-10,13-17H2/t19-,20?,21?,31?/m1/s1. The number of halogens is 2. The monoisotopic (exact) mass is 574 g/mol. The van der Waals surface area contributed by atoms with Crippen LogP contribution in [0.1, 0.15) is 32.1 Å². The van der Waals surface area contributed by atoms with Gasteiger partial charge in [-0.25, -0.2) is 9.37 Å². The number of ether oxygens (including phenoxy) is 1. The molecule has 8 rings (SSSR count). The maximum atomic E-state index is 14.4. The van der Waals surface area contributed by atoms with Gasteiger partial charge in [-0.1, -0.05) is 23.7 Å². The first-order chi connectivity index (χ1) is 19.9. The van der Waals surface area contributed by atoms with E-state index >= 15 is 0 Å². The fraction of sp³-hybridized carbons (Fsp3) is 0.452. The van der Waals surface area contributed by atoms with Gasteiger partial charge in [0.25, 0.3) is 0 Å². The van der Waals surface area contributed by atoms with E-state index in [2.05, 4.69) is 15.1 Å². The number of aromatic hydroxyl groups is 1. The third kappa shape index (κ3) is 4.37. The van der Waals surface area contributed by atoms with E-state index in [1.54, 1.807) is 12.1 Å². The van der Waals surface area contributed by atoms with E-state index < -0.39 is 6.17 Å². The summed E-state index contributed by atoms with van der Waals surface area (Å²) in [5.41, 5.74) is 1.61. The highest BCUT2D eigenvalue weighted by Crippen LogP contribution is 2.41. The number of fused-ring (bicyclic) bond motifs is 5. The van der Waals surface area contributed by atoms with Crippen molar-refractivity contribution in [3.8, 4) is 23.0 Å². The normalized spacial score (nSPS) is 27.7. The van der Waals surface area contributed by atoms with Crippen LogP contribution in [-0.2, 0) is 0 Å². The van der Waals surface area contributed by atoms with Gasteiger partial charge in [0.2, 0.25) is 0 Å². The number of hydrogen-bond donors (Lipinski definition) is 2. The molecule has 3 unspecified atom stereocenters. The summed E-state index contributed by atoms with van der Waals surface area (Å²) in [5, 5.41) is 17.3. The van der Waals surface area contributed by atoms with Gasteiger partial charge in [0.1, 0.15) is 24.3 Å². The van der Waals surface area contributed by atoms with Crippen molar-refractivity contribution in [3.63, 3.8) is 0 Å². The van der Waals surface area contributed by atoms with Crippen LogP contribution in [0.2, 0.25) is 5.02 Å². The van der Waals surface area contributed by atoms with Gasteiger partial charge >= 0.3 is 6.01 Å². The number of aromatic nitrogens is 3. The van der Waals surface area contributed by atoms with Crippen LogP contribution in [0, 0.1) is 0 Å². The first-order valence-electron chi connectivity index (χ1n) is 14.6. The highest BCUT2D eigenvalue weighted by Gasteiger charge is 2.49. The van der Waals surface area contributed by atoms with Crippen molar-refractivity contribution in [2.24, 2.45) is 0 Å². The molecule has 4 aromatic rings. The van der Waals surface area contributed by atoms with Gasteiger partial charge in [-0.3, -0.25) is 4.90 Å². The average Bonchev–Trinajstić information content (AvgIpc) is 3.61. The van der Waals surface area contributed by atoms with Crippen molar-refractivity contribution in [3.05, 3.63) is 47.5 Å². The number of piperazine rings is 1. The van der Waals surface area contributed by atoms with Crippen LogP contribution in [0.15, 0.2) is 42.5 Å². The van der Waals surface area contributed by atoms with Gasteiger partial charge in [-0.2, -0.15) is 9.97 Å². The molecule has 6 heterocycles. The molecule has 0 aliphatic carbocycles. The van der Waals surface area contributed by atoms with Crippen molar-refractivity contribution in [2.75, 3.05) is 37.7 Å². The zero-order chi connectivity index (χ0) is 27.7. The number of hydrogen-bond acceptors (Lipinski definition) is 8. The molecule has 2 aromatic heterocycles. The summed E-state index contributed by atoms with van der Waals surface area (Å²) in [6, 6.07) is 14.1. The first kappa shape index (κ1) is 25.4. The van der Waals surface area contributed by atoms with Crippen molar-refractivity contribution in [2.45, 2.75) is 55.9 Å². The van der Waals surface area contributed by atoms with E-state index in [9.17, 15) is 9.50 Å². The average molecular weight is 575 g/mol. The molecule has 0 saturated carbocycles. The third-order valence-electron chi connectivity index (χ3n) is 9.45. The molecule has 10 heteroatoms. The topological polar surface area (TPSA) is 86.6 Å². The summed E-state index contributed by atoms with van der Waals surface area (Å²) in [7, 11) is 0. The molecule has 2 bridgehead atoms. The molecule has 4 saturated heterocycles. The lowest BCUT2D eigenvalue weighted by Crippen LogP contribution is -2.51. The Bertz CT molecular complexity index is 1660. The van der Waals surface area contributed by atoms with Crippen LogP contribution in [0.3, 0.4) is 0 Å². The molecule has 4 fully saturated rings. The molecule has 2 aromatic carbocycles. The minimum Gasteiger partial charge on any atom is -0.508 e. The maximum absolute atomic E-state index is 14.4. The molecule has 0 amide bonds. The van der Waals surface area contributed by atoms with E-state index in [-0.39, 0.29) is 17.3 Å². The maximum Gasteiger partial charge on any atom is 0.320 e. The largest absolute Gasteiger partial charge is 0.508 e. The summed E-state index contributed by atoms with van der Waals surface area (Å²) in [6.45, 7) is 3.46. The number of anilines is 1. The predicted molar refractivity (Wildman–Crippen MR) is 158 cm³/mol. The number of benzene rings is 2. The van der Waals surface area contributed by atoms with Gasteiger partial charge < -0.3 is 20.1 Å². The fourth-order valence-electron chi connectivity index (χ4n) is 7.62. The molecule has 4 aliphatic rings. The van der Waals surface area contributed by atoms with E-state index in [1.807, 2.05) is 30.3 Å². The van der Waals surface area contributed by atoms with Gasteiger partial charge in [-0.15, -0.1) is 0 Å². The van der Waals surface area contributed by atoms with Crippen LogP contribution < -0.4 is 15.0 Å². The van der Waals surface area contributed by atoms with E-state index in [0.717, 1.165) is 72.9 Å². The van der Waals surface area contributed by atoms with Gasteiger partial charge in [0, 0.05) is 54.1 Å². The van der Waals surface area contributed by atoms with E-state index in [1.165, 1.54) is 0 Å². The molecule has 4 aliphatic heterocycles. The molecular weight excluding hydrogens is 543 g/mol. The zero-order valence-corrected chi connectivity index (χ0v) is 23.4. The molecular formula is C31H32ClFN6O2. The molecule has 0 spiro atoms. The summed E-state index contributed by atoms with van der Waals surface area (Å²) >= 11 is 6.63. The van der Waals surface area contributed by atoms with Gasteiger partial charge in [0.15, 0.2) is 5.65 Å².